The van der Waals surface area contributed by atoms with Crippen molar-refractivity contribution in [3.05, 3.63) is 305 Å². The number of benzene rings is 10. The van der Waals surface area contributed by atoms with Crippen LogP contribution in [0, 0.1) is 0 Å². The van der Waals surface area contributed by atoms with Crippen LogP contribution >= 0.6 is 11.3 Å². The summed E-state index contributed by atoms with van der Waals surface area (Å²) in [5.41, 5.74) is 19.9. The van der Waals surface area contributed by atoms with Crippen LogP contribution in [0.15, 0.2) is 260 Å². The van der Waals surface area contributed by atoms with Crippen LogP contribution in [0.1, 0.15) is 44.5 Å². The lowest BCUT2D eigenvalue weighted by atomic mass is 9.67. The van der Waals surface area contributed by atoms with Gasteiger partial charge in [-0.25, -0.2) is 0 Å². The van der Waals surface area contributed by atoms with Gasteiger partial charge in [0.05, 0.1) is 21.2 Å². The van der Waals surface area contributed by atoms with Gasteiger partial charge in [-0.2, -0.15) is 0 Å². The van der Waals surface area contributed by atoms with Gasteiger partial charge in [-0.1, -0.05) is 212 Å². The van der Waals surface area contributed by atoms with Crippen LogP contribution in [0.3, 0.4) is 0 Å². The van der Waals surface area contributed by atoms with Crippen molar-refractivity contribution in [3.8, 4) is 33.4 Å². The third-order valence-electron chi connectivity index (χ3n) is 14.3. The molecule has 0 radical (unpaired) electrons. The lowest BCUT2D eigenvalue weighted by Crippen LogP contribution is -2.29. The normalized spacial score (nSPS) is 15.2. The lowest BCUT2D eigenvalue weighted by molar-refractivity contribution is 0.767. The largest absolute Gasteiger partial charge is 0.309 e. The minimum atomic E-state index is -0.593. The Labute approximate surface area is 390 Å². The van der Waals surface area contributed by atoms with E-state index in [1.165, 1.54) is 88.0 Å². The summed E-state index contributed by atoms with van der Waals surface area (Å²) in [6.07, 6.45) is 0. The van der Waals surface area contributed by atoms with Crippen LogP contribution in [-0.2, 0) is 10.8 Å². The maximum absolute atomic E-state index is 2.53. The van der Waals surface area contributed by atoms with E-state index in [1.807, 2.05) is 0 Å². The summed E-state index contributed by atoms with van der Waals surface area (Å²) in [5.74, 6) is 0. The predicted octanol–water partition coefficient (Wildman–Crippen LogP) is 16.8. The van der Waals surface area contributed by atoms with Crippen molar-refractivity contribution in [1.82, 2.24) is 0 Å². The van der Waals surface area contributed by atoms with E-state index in [2.05, 4.69) is 265 Å². The molecule has 11 aromatic rings. The van der Waals surface area contributed by atoms with E-state index in [9.17, 15) is 0 Å². The molecular formula is C64H43NS. The average molecular weight is 858 g/mol. The zero-order valence-electron chi connectivity index (χ0n) is 36.2. The van der Waals surface area contributed by atoms with Crippen molar-refractivity contribution in [2.24, 2.45) is 0 Å². The van der Waals surface area contributed by atoms with Crippen molar-refractivity contribution in [1.29, 1.82) is 0 Å². The predicted molar refractivity (Wildman–Crippen MR) is 277 cm³/mol. The zero-order chi connectivity index (χ0) is 43.7. The van der Waals surface area contributed by atoms with Crippen LogP contribution in [0.25, 0.3) is 43.5 Å². The molecule has 0 saturated carbocycles. The van der Waals surface area contributed by atoms with Gasteiger partial charge in [0, 0.05) is 11.4 Å². The number of hydrogen-bond donors (Lipinski definition) is 0. The molecule has 1 heterocycles. The van der Waals surface area contributed by atoms with E-state index in [0.29, 0.717) is 0 Å². The number of hydrogen-bond acceptors (Lipinski definition) is 2. The summed E-state index contributed by atoms with van der Waals surface area (Å²) < 4.78 is 1.26. The second-order valence-electron chi connectivity index (χ2n) is 17.5. The fourth-order valence-corrected chi connectivity index (χ4v) is 12.5. The summed E-state index contributed by atoms with van der Waals surface area (Å²) >= 11 is 1.81. The molecule has 66 heavy (non-hydrogen) atoms. The molecule has 2 aliphatic rings. The van der Waals surface area contributed by atoms with Gasteiger partial charge in [0.2, 0.25) is 0 Å². The summed E-state index contributed by atoms with van der Waals surface area (Å²) in [6.45, 7) is 0. The highest BCUT2D eigenvalue weighted by molar-refractivity contribution is 7.17. The van der Waals surface area contributed by atoms with Gasteiger partial charge in [-0.15, -0.1) is 11.3 Å². The van der Waals surface area contributed by atoms with Crippen LogP contribution in [-0.4, -0.2) is 0 Å². The van der Waals surface area contributed by atoms with Crippen LogP contribution in [0.5, 0.6) is 0 Å². The number of anilines is 3. The Bertz CT molecular complexity index is 3550. The lowest BCUT2D eigenvalue weighted by Gasteiger charge is -2.36. The highest BCUT2D eigenvalue weighted by Crippen LogP contribution is 2.60. The Hall–Kier alpha value is -8.04. The van der Waals surface area contributed by atoms with E-state index in [0.717, 1.165) is 17.1 Å². The van der Waals surface area contributed by atoms with Crippen LogP contribution < -0.4 is 4.90 Å². The second-order valence-corrected chi connectivity index (χ2v) is 18.5. The maximum Gasteiger partial charge on any atom is 0.0714 e. The van der Waals surface area contributed by atoms with Crippen molar-refractivity contribution >= 4 is 38.5 Å². The van der Waals surface area contributed by atoms with E-state index in [1.54, 1.807) is 11.3 Å². The molecule has 1 atom stereocenters. The minimum Gasteiger partial charge on any atom is -0.309 e. The number of nitrogens with zero attached hydrogens (tertiary/aromatic N) is 1. The molecule has 1 unspecified atom stereocenters. The Kier molecular flexibility index (Phi) is 8.91. The van der Waals surface area contributed by atoms with Crippen molar-refractivity contribution in [2.45, 2.75) is 10.8 Å². The van der Waals surface area contributed by atoms with Gasteiger partial charge in [-0.05, 0) is 131 Å². The Balaban J connectivity index is 1.10. The number of thiophene rings is 1. The van der Waals surface area contributed by atoms with Gasteiger partial charge in [0.25, 0.3) is 0 Å². The zero-order valence-corrected chi connectivity index (χ0v) is 37.0. The fraction of sp³-hybridized carbons (Fsp3) is 0.0312. The molecule has 10 aromatic carbocycles. The molecular weight excluding hydrogens is 815 g/mol. The standard InChI is InChI=1S/C64H43NS/c1-5-19-44(20-6-1)46-22-17-29-50(41-46)64(49-27-11-4-12-28-49)58-33-16-14-31-54(58)56-38-36-52(43-60(56)64)65(61-34-18-21-45-39-40-66-62(45)61)51-35-37-55-53-30-13-15-32-57(53)63(59(55)42-51,47-23-7-2-8-24-47)48-25-9-3-10-26-48/h1-43H. The molecule has 0 amide bonds. The van der Waals surface area contributed by atoms with Crippen molar-refractivity contribution in [3.63, 3.8) is 0 Å². The molecule has 0 bridgehead atoms. The van der Waals surface area contributed by atoms with Crippen molar-refractivity contribution < 1.29 is 0 Å². The molecule has 1 nitrogen and oxygen atoms in total. The topological polar surface area (TPSA) is 3.24 Å². The summed E-state index contributed by atoms with van der Waals surface area (Å²) in [7, 11) is 0. The molecule has 0 N–H and O–H groups in total. The first-order chi connectivity index (χ1) is 32.7. The maximum atomic E-state index is 2.53. The second kappa shape index (κ2) is 15.3. The van der Waals surface area contributed by atoms with Gasteiger partial charge in [-0.3, -0.25) is 0 Å². The van der Waals surface area contributed by atoms with Gasteiger partial charge in [0.15, 0.2) is 0 Å². The third kappa shape index (κ3) is 5.59. The summed E-state index contributed by atoms with van der Waals surface area (Å²) in [4.78, 5) is 2.53. The van der Waals surface area contributed by atoms with Gasteiger partial charge < -0.3 is 4.90 Å². The number of fused-ring (bicyclic) bond motifs is 7. The molecule has 0 fully saturated rings. The first-order valence-electron chi connectivity index (χ1n) is 22.8. The molecule has 2 aliphatic carbocycles. The SMILES string of the molecule is c1ccc(-c2cccc(C3(c4ccccc4)c4ccccc4-c4ccc(N(c5ccc6c(c5)C(c5ccccc5)(c5ccccc5)c5ccccc5-6)c5cccc6ccsc56)cc43)c2)cc1. The average Bonchev–Trinajstić information content (AvgIpc) is 4.09. The first kappa shape index (κ1) is 38.4. The summed E-state index contributed by atoms with van der Waals surface area (Å²) in [6, 6.07) is 95.0. The van der Waals surface area contributed by atoms with E-state index >= 15 is 0 Å². The third-order valence-corrected chi connectivity index (χ3v) is 15.2. The van der Waals surface area contributed by atoms with Crippen LogP contribution in [0.2, 0.25) is 0 Å². The molecule has 2 heteroatoms. The highest BCUT2D eigenvalue weighted by Gasteiger charge is 2.48. The molecule has 1 aromatic heterocycles. The number of rotatable bonds is 8. The van der Waals surface area contributed by atoms with Gasteiger partial charge >= 0.3 is 0 Å². The smallest absolute Gasteiger partial charge is 0.0714 e. The molecule has 0 aliphatic heterocycles. The molecule has 13 rings (SSSR count). The van der Waals surface area contributed by atoms with E-state index in [4.69, 9.17) is 0 Å². The van der Waals surface area contributed by atoms with Crippen molar-refractivity contribution in [2.75, 3.05) is 4.90 Å². The molecule has 0 saturated heterocycles. The Morgan fingerprint density at radius 1 is 0.303 bits per heavy atom. The highest BCUT2D eigenvalue weighted by atomic mass is 32.1. The summed E-state index contributed by atoms with van der Waals surface area (Å²) in [5, 5.41) is 3.46. The Morgan fingerprint density at radius 3 is 1.30 bits per heavy atom. The van der Waals surface area contributed by atoms with E-state index < -0.39 is 10.8 Å². The van der Waals surface area contributed by atoms with E-state index in [-0.39, 0.29) is 0 Å². The quantitative estimate of drug-likeness (QED) is 0.147. The van der Waals surface area contributed by atoms with Gasteiger partial charge in [0.1, 0.15) is 0 Å². The monoisotopic (exact) mass is 857 g/mol. The first-order valence-corrected chi connectivity index (χ1v) is 23.7. The minimum absolute atomic E-state index is 0.531. The molecule has 310 valence electrons. The molecule has 0 spiro atoms. The Morgan fingerprint density at radius 2 is 0.742 bits per heavy atom. The van der Waals surface area contributed by atoms with Crippen LogP contribution in [0.4, 0.5) is 17.1 Å². The fourth-order valence-electron chi connectivity index (χ4n) is 11.6.